The summed E-state index contributed by atoms with van der Waals surface area (Å²) in [6.45, 7) is 0. The maximum atomic E-state index is 9.04. The standard InChI is InChI=1S/C12H12BNO2/c15-13(16)10-5-4-8-12(9-10)14-11-6-2-1-3-7-11/h1-9,14-16H. The molecule has 2 aromatic carbocycles. The minimum atomic E-state index is -1.43. The summed E-state index contributed by atoms with van der Waals surface area (Å²) >= 11 is 0. The molecule has 3 nitrogen and oxygen atoms in total. The molecule has 0 fully saturated rings. The van der Waals surface area contributed by atoms with Gasteiger partial charge in [0.1, 0.15) is 0 Å². The number of para-hydroxylation sites is 1. The number of nitrogens with one attached hydrogen (secondary N) is 1. The largest absolute Gasteiger partial charge is 0.488 e. The Labute approximate surface area is 94.5 Å². The lowest BCUT2D eigenvalue weighted by Gasteiger charge is -2.07. The Kier molecular flexibility index (Phi) is 3.24. The van der Waals surface area contributed by atoms with Crippen LogP contribution in [0.1, 0.15) is 0 Å². The summed E-state index contributed by atoms with van der Waals surface area (Å²) in [5.41, 5.74) is 2.27. The fraction of sp³-hybridized carbons (Fsp3) is 0. The summed E-state index contributed by atoms with van der Waals surface area (Å²) in [6, 6.07) is 16.7. The van der Waals surface area contributed by atoms with Gasteiger partial charge in [-0.15, -0.1) is 0 Å². The highest BCUT2D eigenvalue weighted by Gasteiger charge is 2.10. The Morgan fingerprint density at radius 3 is 2.19 bits per heavy atom. The van der Waals surface area contributed by atoms with Gasteiger partial charge < -0.3 is 15.4 Å². The third-order valence-electron chi connectivity index (χ3n) is 2.25. The SMILES string of the molecule is OB(O)c1cccc(Nc2ccccc2)c1. The zero-order valence-electron chi connectivity index (χ0n) is 8.67. The van der Waals surface area contributed by atoms with Gasteiger partial charge in [-0.2, -0.15) is 0 Å². The smallest absolute Gasteiger partial charge is 0.423 e. The van der Waals surface area contributed by atoms with Crippen LogP contribution in [-0.2, 0) is 0 Å². The van der Waals surface area contributed by atoms with E-state index in [0.717, 1.165) is 11.4 Å². The van der Waals surface area contributed by atoms with Gasteiger partial charge in [0.25, 0.3) is 0 Å². The predicted molar refractivity (Wildman–Crippen MR) is 66.0 cm³/mol. The van der Waals surface area contributed by atoms with Crippen LogP contribution in [0.5, 0.6) is 0 Å². The van der Waals surface area contributed by atoms with Crippen molar-refractivity contribution in [1.29, 1.82) is 0 Å². The Hall–Kier alpha value is -1.78. The van der Waals surface area contributed by atoms with Crippen LogP contribution in [0.3, 0.4) is 0 Å². The molecular formula is C12H12BNO2. The molecule has 0 heterocycles. The van der Waals surface area contributed by atoms with E-state index in [9.17, 15) is 0 Å². The van der Waals surface area contributed by atoms with Gasteiger partial charge in [0.2, 0.25) is 0 Å². The van der Waals surface area contributed by atoms with Crippen molar-refractivity contribution in [2.45, 2.75) is 0 Å². The fourth-order valence-corrected chi connectivity index (χ4v) is 1.47. The summed E-state index contributed by atoms with van der Waals surface area (Å²) in [7, 11) is -1.43. The van der Waals surface area contributed by atoms with Crippen LogP contribution in [0.4, 0.5) is 11.4 Å². The molecule has 4 heteroatoms. The van der Waals surface area contributed by atoms with E-state index < -0.39 is 7.12 Å². The first kappa shape index (κ1) is 10.7. The van der Waals surface area contributed by atoms with Gasteiger partial charge in [-0.25, -0.2) is 0 Å². The normalized spacial score (nSPS) is 9.88. The van der Waals surface area contributed by atoms with E-state index >= 15 is 0 Å². The Morgan fingerprint density at radius 2 is 1.50 bits per heavy atom. The molecule has 0 unspecified atom stereocenters. The minimum absolute atomic E-state index is 0.473. The molecule has 2 rings (SSSR count). The van der Waals surface area contributed by atoms with Crippen molar-refractivity contribution in [2.24, 2.45) is 0 Å². The van der Waals surface area contributed by atoms with Crippen LogP contribution in [0.25, 0.3) is 0 Å². The Bertz CT molecular complexity index is 460. The molecule has 0 radical (unpaired) electrons. The molecule has 80 valence electrons. The average molecular weight is 213 g/mol. The molecule has 0 aromatic heterocycles. The van der Waals surface area contributed by atoms with Crippen molar-refractivity contribution in [1.82, 2.24) is 0 Å². The summed E-state index contributed by atoms with van der Waals surface area (Å²) in [5.74, 6) is 0. The zero-order valence-corrected chi connectivity index (χ0v) is 8.67. The molecule has 0 bridgehead atoms. The summed E-state index contributed by atoms with van der Waals surface area (Å²) in [6.07, 6.45) is 0. The van der Waals surface area contributed by atoms with Gasteiger partial charge in [-0.1, -0.05) is 30.3 Å². The molecule has 0 aliphatic rings. The first-order valence-electron chi connectivity index (χ1n) is 5.04. The molecule has 0 atom stereocenters. The van der Waals surface area contributed by atoms with Crippen LogP contribution in [0, 0.1) is 0 Å². The molecule has 0 amide bonds. The molecule has 0 aliphatic heterocycles. The quantitative estimate of drug-likeness (QED) is 0.669. The second-order valence-electron chi connectivity index (χ2n) is 3.49. The average Bonchev–Trinajstić information content (AvgIpc) is 2.30. The van der Waals surface area contributed by atoms with Crippen molar-refractivity contribution in [2.75, 3.05) is 5.32 Å². The van der Waals surface area contributed by atoms with Gasteiger partial charge in [0, 0.05) is 11.4 Å². The van der Waals surface area contributed by atoms with Crippen molar-refractivity contribution in [3.8, 4) is 0 Å². The number of hydrogen-bond donors (Lipinski definition) is 3. The first-order chi connectivity index (χ1) is 7.75. The maximum absolute atomic E-state index is 9.04. The van der Waals surface area contributed by atoms with Gasteiger partial charge in [0.05, 0.1) is 0 Å². The topological polar surface area (TPSA) is 52.5 Å². The van der Waals surface area contributed by atoms with Crippen LogP contribution in [0.2, 0.25) is 0 Å². The second-order valence-corrected chi connectivity index (χ2v) is 3.49. The number of anilines is 2. The van der Waals surface area contributed by atoms with E-state index in [1.54, 1.807) is 18.2 Å². The van der Waals surface area contributed by atoms with Crippen molar-refractivity contribution >= 4 is 24.0 Å². The molecule has 0 aliphatic carbocycles. The fourth-order valence-electron chi connectivity index (χ4n) is 1.47. The molecule has 2 aromatic rings. The van der Waals surface area contributed by atoms with Gasteiger partial charge in [0.15, 0.2) is 0 Å². The van der Waals surface area contributed by atoms with Crippen molar-refractivity contribution in [3.63, 3.8) is 0 Å². The van der Waals surface area contributed by atoms with Gasteiger partial charge in [-0.3, -0.25) is 0 Å². The highest BCUT2D eigenvalue weighted by molar-refractivity contribution is 6.58. The van der Waals surface area contributed by atoms with Crippen LogP contribution >= 0.6 is 0 Å². The van der Waals surface area contributed by atoms with Gasteiger partial charge >= 0.3 is 7.12 Å². The summed E-state index contributed by atoms with van der Waals surface area (Å²) < 4.78 is 0. The number of rotatable bonds is 3. The lowest BCUT2D eigenvalue weighted by atomic mass is 9.80. The third kappa shape index (κ3) is 2.62. The van der Waals surface area contributed by atoms with E-state index in [2.05, 4.69) is 5.32 Å². The summed E-state index contributed by atoms with van der Waals surface area (Å²) in [4.78, 5) is 0. The predicted octanol–water partition coefficient (Wildman–Crippen LogP) is 1.11. The highest BCUT2D eigenvalue weighted by atomic mass is 16.4. The van der Waals surface area contributed by atoms with Gasteiger partial charge in [-0.05, 0) is 29.7 Å². The monoisotopic (exact) mass is 213 g/mol. The molecular weight excluding hydrogens is 201 g/mol. The van der Waals surface area contributed by atoms with E-state index in [0.29, 0.717) is 5.46 Å². The first-order valence-corrected chi connectivity index (χ1v) is 5.04. The molecule has 0 saturated heterocycles. The van der Waals surface area contributed by atoms with Crippen LogP contribution in [0.15, 0.2) is 54.6 Å². The highest BCUT2D eigenvalue weighted by Crippen LogP contribution is 2.14. The molecule has 16 heavy (non-hydrogen) atoms. The number of hydrogen-bond acceptors (Lipinski definition) is 3. The lowest BCUT2D eigenvalue weighted by Crippen LogP contribution is -2.29. The summed E-state index contributed by atoms with van der Waals surface area (Å²) in [5, 5.41) is 21.3. The Morgan fingerprint density at radius 1 is 0.812 bits per heavy atom. The molecule has 3 N–H and O–H groups in total. The maximum Gasteiger partial charge on any atom is 0.488 e. The lowest BCUT2D eigenvalue weighted by molar-refractivity contribution is 0.426. The van der Waals surface area contributed by atoms with Crippen molar-refractivity contribution < 1.29 is 10.0 Å². The van der Waals surface area contributed by atoms with Crippen molar-refractivity contribution in [3.05, 3.63) is 54.6 Å². The molecule has 0 spiro atoms. The minimum Gasteiger partial charge on any atom is -0.423 e. The number of benzene rings is 2. The van der Waals surface area contributed by atoms with E-state index in [1.807, 2.05) is 36.4 Å². The Balaban J connectivity index is 2.19. The van der Waals surface area contributed by atoms with Crippen LogP contribution < -0.4 is 10.8 Å². The van der Waals surface area contributed by atoms with E-state index in [-0.39, 0.29) is 0 Å². The second kappa shape index (κ2) is 4.83. The molecule has 0 saturated carbocycles. The third-order valence-corrected chi connectivity index (χ3v) is 2.25. The van der Waals surface area contributed by atoms with Crippen LogP contribution in [-0.4, -0.2) is 17.2 Å². The van der Waals surface area contributed by atoms with E-state index in [4.69, 9.17) is 10.0 Å². The van der Waals surface area contributed by atoms with E-state index in [1.165, 1.54) is 0 Å². The zero-order chi connectivity index (χ0) is 11.4.